The number of carbonyl (C=O) groups is 1. The number of benzene rings is 1. The molecular formula is C15H16N4O2. The zero-order valence-corrected chi connectivity index (χ0v) is 11.7. The van der Waals surface area contributed by atoms with Crippen molar-refractivity contribution in [1.82, 2.24) is 15.3 Å². The standard InChI is InChI=1S/C15H16N4O2/c1-3-8-21-13-7-5-4-6-10(13)11-9-12(14(20)17-2)19-15(16)18-11/h3-7,9H,1,8H2,2H3,(H,17,20)(H2,16,18,19). The lowest BCUT2D eigenvalue weighted by molar-refractivity contribution is 0.0958. The lowest BCUT2D eigenvalue weighted by Gasteiger charge is -2.10. The van der Waals surface area contributed by atoms with Crippen LogP contribution in [0.1, 0.15) is 10.5 Å². The van der Waals surface area contributed by atoms with Crippen LogP contribution in [0.25, 0.3) is 11.3 Å². The predicted octanol–water partition coefficient (Wildman–Crippen LogP) is 1.65. The van der Waals surface area contributed by atoms with Gasteiger partial charge in [-0.3, -0.25) is 4.79 Å². The SMILES string of the molecule is C=CCOc1ccccc1-c1cc(C(=O)NC)nc(N)n1. The highest BCUT2D eigenvalue weighted by Crippen LogP contribution is 2.29. The van der Waals surface area contributed by atoms with Crippen molar-refractivity contribution in [2.24, 2.45) is 0 Å². The van der Waals surface area contributed by atoms with Gasteiger partial charge in [0.05, 0.1) is 5.69 Å². The first-order valence-electron chi connectivity index (χ1n) is 6.35. The normalized spacial score (nSPS) is 9.95. The molecule has 1 heterocycles. The van der Waals surface area contributed by atoms with E-state index in [0.29, 0.717) is 18.1 Å². The van der Waals surface area contributed by atoms with Crippen LogP contribution in [-0.4, -0.2) is 29.5 Å². The van der Waals surface area contributed by atoms with E-state index in [9.17, 15) is 4.79 Å². The van der Waals surface area contributed by atoms with Crippen LogP contribution in [0.15, 0.2) is 43.0 Å². The maximum atomic E-state index is 11.7. The van der Waals surface area contributed by atoms with Gasteiger partial charge in [0, 0.05) is 12.6 Å². The summed E-state index contributed by atoms with van der Waals surface area (Å²) in [6, 6.07) is 8.94. The van der Waals surface area contributed by atoms with Gasteiger partial charge >= 0.3 is 0 Å². The van der Waals surface area contributed by atoms with Crippen molar-refractivity contribution in [1.29, 1.82) is 0 Å². The van der Waals surface area contributed by atoms with Crippen LogP contribution in [-0.2, 0) is 0 Å². The van der Waals surface area contributed by atoms with Gasteiger partial charge in [0.1, 0.15) is 18.1 Å². The molecule has 0 aliphatic carbocycles. The van der Waals surface area contributed by atoms with Gasteiger partial charge in [-0.25, -0.2) is 9.97 Å². The van der Waals surface area contributed by atoms with Crippen molar-refractivity contribution in [3.05, 3.63) is 48.7 Å². The number of rotatable bonds is 5. The summed E-state index contributed by atoms with van der Waals surface area (Å²) >= 11 is 0. The summed E-state index contributed by atoms with van der Waals surface area (Å²) in [5.74, 6) is 0.345. The average Bonchev–Trinajstić information content (AvgIpc) is 2.51. The topological polar surface area (TPSA) is 90.1 Å². The molecule has 6 heteroatoms. The molecule has 0 saturated carbocycles. The molecule has 0 aliphatic rings. The van der Waals surface area contributed by atoms with Crippen LogP contribution in [0.5, 0.6) is 5.75 Å². The van der Waals surface area contributed by atoms with Gasteiger partial charge in [0.2, 0.25) is 5.95 Å². The first-order valence-corrected chi connectivity index (χ1v) is 6.35. The van der Waals surface area contributed by atoms with Crippen molar-refractivity contribution in [3.63, 3.8) is 0 Å². The first-order chi connectivity index (χ1) is 10.2. The molecule has 2 rings (SSSR count). The van der Waals surface area contributed by atoms with Gasteiger partial charge in [-0.1, -0.05) is 24.8 Å². The molecule has 21 heavy (non-hydrogen) atoms. The molecule has 0 saturated heterocycles. The number of hydrogen-bond acceptors (Lipinski definition) is 5. The molecule has 0 atom stereocenters. The molecule has 6 nitrogen and oxygen atoms in total. The third kappa shape index (κ3) is 3.36. The Labute approximate surface area is 122 Å². The summed E-state index contributed by atoms with van der Waals surface area (Å²) in [5, 5.41) is 2.51. The second-order valence-corrected chi connectivity index (χ2v) is 4.17. The number of nitrogens with two attached hydrogens (primary N) is 1. The largest absolute Gasteiger partial charge is 0.489 e. The quantitative estimate of drug-likeness (QED) is 0.815. The summed E-state index contributed by atoms with van der Waals surface area (Å²) in [6.45, 7) is 3.99. The number of anilines is 1. The summed E-state index contributed by atoms with van der Waals surface area (Å²) in [4.78, 5) is 19.8. The number of aromatic nitrogens is 2. The van der Waals surface area contributed by atoms with Crippen LogP contribution in [0.4, 0.5) is 5.95 Å². The molecule has 0 radical (unpaired) electrons. The van der Waals surface area contributed by atoms with Crippen molar-refractivity contribution < 1.29 is 9.53 Å². The molecule has 0 fully saturated rings. The Morgan fingerprint density at radius 3 is 2.90 bits per heavy atom. The molecular weight excluding hydrogens is 268 g/mol. The summed E-state index contributed by atoms with van der Waals surface area (Å²) in [6.07, 6.45) is 1.65. The lowest BCUT2D eigenvalue weighted by atomic mass is 10.1. The third-order valence-electron chi connectivity index (χ3n) is 2.72. The van der Waals surface area contributed by atoms with Crippen molar-refractivity contribution >= 4 is 11.9 Å². The van der Waals surface area contributed by atoms with E-state index in [2.05, 4.69) is 21.9 Å². The summed E-state index contributed by atoms with van der Waals surface area (Å²) in [7, 11) is 1.53. The van der Waals surface area contributed by atoms with Crippen LogP contribution in [0.2, 0.25) is 0 Å². The van der Waals surface area contributed by atoms with Crippen molar-refractivity contribution in [2.75, 3.05) is 19.4 Å². The number of hydrogen-bond donors (Lipinski definition) is 2. The Kier molecular flexibility index (Phi) is 4.50. The highest BCUT2D eigenvalue weighted by molar-refractivity contribution is 5.93. The first kappa shape index (κ1) is 14.5. The smallest absolute Gasteiger partial charge is 0.269 e. The van der Waals surface area contributed by atoms with Gasteiger partial charge in [0.15, 0.2) is 0 Å². The van der Waals surface area contributed by atoms with Crippen LogP contribution in [0.3, 0.4) is 0 Å². The number of nitrogen functional groups attached to an aromatic ring is 1. The Balaban J connectivity index is 2.48. The summed E-state index contributed by atoms with van der Waals surface area (Å²) in [5.41, 5.74) is 7.15. The minimum atomic E-state index is -0.324. The number of amides is 1. The van der Waals surface area contributed by atoms with Crippen molar-refractivity contribution in [2.45, 2.75) is 0 Å². The van der Waals surface area contributed by atoms with Crippen molar-refractivity contribution in [3.8, 4) is 17.0 Å². The van der Waals surface area contributed by atoms with Gasteiger partial charge in [-0.2, -0.15) is 0 Å². The Morgan fingerprint density at radius 2 is 2.19 bits per heavy atom. The van der Waals surface area contributed by atoms with E-state index < -0.39 is 0 Å². The fourth-order valence-corrected chi connectivity index (χ4v) is 1.80. The minimum Gasteiger partial charge on any atom is -0.489 e. The molecule has 1 aromatic heterocycles. The fraction of sp³-hybridized carbons (Fsp3) is 0.133. The number of carbonyl (C=O) groups excluding carboxylic acids is 1. The molecule has 2 aromatic rings. The van der Waals surface area contributed by atoms with E-state index in [1.54, 1.807) is 12.1 Å². The predicted molar refractivity (Wildman–Crippen MR) is 81.0 cm³/mol. The monoisotopic (exact) mass is 284 g/mol. The van der Waals surface area contributed by atoms with E-state index in [1.165, 1.54) is 7.05 Å². The highest BCUT2D eigenvalue weighted by Gasteiger charge is 2.13. The average molecular weight is 284 g/mol. The number of para-hydroxylation sites is 1. The Hall–Kier alpha value is -2.89. The maximum absolute atomic E-state index is 11.7. The van der Waals surface area contributed by atoms with Gasteiger partial charge in [0.25, 0.3) is 5.91 Å². The summed E-state index contributed by atoms with van der Waals surface area (Å²) < 4.78 is 5.59. The third-order valence-corrected chi connectivity index (χ3v) is 2.72. The van der Waals surface area contributed by atoms with Gasteiger partial charge in [-0.15, -0.1) is 0 Å². The van der Waals surface area contributed by atoms with E-state index in [1.807, 2.05) is 24.3 Å². The van der Waals surface area contributed by atoms with Crippen LogP contribution in [0, 0.1) is 0 Å². The molecule has 0 aliphatic heterocycles. The molecule has 0 unspecified atom stereocenters. The van der Waals surface area contributed by atoms with Gasteiger partial charge in [-0.05, 0) is 18.2 Å². The van der Waals surface area contributed by atoms with Gasteiger partial charge < -0.3 is 15.8 Å². The van der Waals surface area contributed by atoms with E-state index in [0.717, 1.165) is 5.56 Å². The number of ether oxygens (including phenoxy) is 1. The second-order valence-electron chi connectivity index (χ2n) is 4.17. The molecule has 1 aromatic carbocycles. The Bertz CT molecular complexity index is 670. The zero-order valence-electron chi connectivity index (χ0n) is 11.7. The van der Waals surface area contributed by atoms with Crippen LogP contribution >= 0.6 is 0 Å². The number of nitrogens with one attached hydrogen (secondary N) is 1. The highest BCUT2D eigenvalue weighted by atomic mass is 16.5. The zero-order chi connectivity index (χ0) is 15.2. The molecule has 3 N–H and O–H groups in total. The molecule has 0 bridgehead atoms. The van der Waals surface area contributed by atoms with E-state index in [-0.39, 0.29) is 17.5 Å². The number of nitrogens with zero attached hydrogens (tertiary/aromatic N) is 2. The lowest BCUT2D eigenvalue weighted by Crippen LogP contribution is -2.20. The molecule has 1 amide bonds. The second kappa shape index (κ2) is 6.51. The molecule has 108 valence electrons. The maximum Gasteiger partial charge on any atom is 0.269 e. The van der Waals surface area contributed by atoms with E-state index in [4.69, 9.17) is 10.5 Å². The minimum absolute atomic E-state index is 0.0321. The Morgan fingerprint density at radius 1 is 1.43 bits per heavy atom. The van der Waals surface area contributed by atoms with E-state index >= 15 is 0 Å². The van der Waals surface area contributed by atoms with Crippen LogP contribution < -0.4 is 15.8 Å². The molecule has 0 spiro atoms. The fourth-order valence-electron chi connectivity index (χ4n) is 1.80.